The van der Waals surface area contributed by atoms with Crippen molar-refractivity contribution in [2.24, 2.45) is 17.8 Å². The van der Waals surface area contributed by atoms with E-state index in [1.807, 2.05) is 13.8 Å². The first-order valence-electron chi connectivity index (χ1n) is 5.98. The Kier molecular flexibility index (Phi) is 2.85. The average molecular weight is 197 g/mol. The Balaban J connectivity index is 1.67. The Morgan fingerprint density at radius 2 is 2.07 bits per heavy atom. The van der Waals surface area contributed by atoms with Crippen molar-refractivity contribution in [2.45, 2.75) is 45.1 Å². The highest BCUT2D eigenvalue weighted by Crippen LogP contribution is 2.47. The van der Waals surface area contributed by atoms with Crippen LogP contribution in [0.25, 0.3) is 0 Å². The Morgan fingerprint density at radius 3 is 2.57 bits per heavy atom. The number of nitrogens with one attached hydrogen (secondary N) is 1. The van der Waals surface area contributed by atoms with Crippen molar-refractivity contribution in [2.75, 3.05) is 13.1 Å². The third kappa shape index (κ3) is 2.48. The summed E-state index contributed by atoms with van der Waals surface area (Å²) in [5.74, 6) is 2.93. The molecule has 0 aromatic heterocycles. The molecular formula is C12H23NO. The molecule has 0 aromatic carbocycles. The largest absolute Gasteiger partial charge is 0.389 e. The maximum absolute atomic E-state index is 9.56. The van der Waals surface area contributed by atoms with E-state index in [1.54, 1.807) is 0 Å². The molecule has 2 bridgehead atoms. The molecule has 0 heterocycles. The Labute approximate surface area is 87.1 Å². The minimum atomic E-state index is -0.558. The summed E-state index contributed by atoms with van der Waals surface area (Å²) in [4.78, 5) is 0. The molecule has 3 unspecified atom stereocenters. The van der Waals surface area contributed by atoms with Gasteiger partial charge in [0.25, 0.3) is 0 Å². The van der Waals surface area contributed by atoms with Gasteiger partial charge in [-0.1, -0.05) is 6.42 Å². The van der Waals surface area contributed by atoms with Crippen molar-refractivity contribution in [3.05, 3.63) is 0 Å². The summed E-state index contributed by atoms with van der Waals surface area (Å²) >= 11 is 0. The van der Waals surface area contributed by atoms with Crippen LogP contribution in [0.4, 0.5) is 0 Å². The van der Waals surface area contributed by atoms with E-state index >= 15 is 0 Å². The number of aliphatic hydroxyl groups is 1. The quantitative estimate of drug-likeness (QED) is 0.720. The molecule has 3 atom stereocenters. The van der Waals surface area contributed by atoms with Crippen LogP contribution in [0.1, 0.15) is 39.5 Å². The van der Waals surface area contributed by atoms with E-state index in [2.05, 4.69) is 5.32 Å². The van der Waals surface area contributed by atoms with Crippen LogP contribution in [0, 0.1) is 17.8 Å². The van der Waals surface area contributed by atoms with Gasteiger partial charge in [-0.3, -0.25) is 0 Å². The van der Waals surface area contributed by atoms with Gasteiger partial charge >= 0.3 is 0 Å². The third-order valence-corrected chi connectivity index (χ3v) is 3.85. The zero-order valence-electron chi connectivity index (χ0n) is 9.42. The van der Waals surface area contributed by atoms with Crippen LogP contribution in [0.15, 0.2) is 0 Å². The normalized spacial score (nSPS) is 36.6. The van der Waals surface area contributed by atoms with Crippen molar-refractivity contribution < 1.29 is 5.11 Å². The molecular weight excluding hydrogens is 174 g/mol. The second-order valence-corrected chi connectivity index (χ2v) is 5.88. The highest BCUT2D eigenvalue weighted by Gasteiger charge is 2.38. The lowest BCUT2D eigenvalue weighted by Gasteiger charge is -2.24. The molecule has 2 aliphatic rings. The summed E-state index contributed by atoms with van der Waals surface area (Å²) in [5.41, 5.74) is -0.558. The topological polar surface area (TPSA) is 32.3 Å². The summed E-state index contributed by atoms with van der Waals surface area (Å²) in [5, 5.41) is 13.0. The lowest BCUT2D eigenvalue weighted by molar-refractivity contribution is 0.0777. The van der Waals surface area contributed by atoms with E-state index in [0.717, 1.165) is 30.8 Å². The van der Waals surface area contributed by atoms with E-state index < -0.39 is 5.60 Å². The summed E-state index contributed by atoms with van der Waals surface area (Å²) in [6.07, 6.45) is 5.85. The summed E-state index contributed by atoms with van der Waals surface area (Å²) in [7, 11) is 0. The Morgan fingerprint density at radius 1 is 1.29 bits per heavy atom. The van der Waals surface area contributed by atoms with Crippen LogP contribution in [0.2, 0.25) is 0 Å². The van der Waals surface area contributed by atoms with Crippen LogP contribution in [-0.4, -0.2) is 23.8 Å². The molecule has 0 saturated heterocycles. The van der Waals surface area contributed by atoms with Gasteiger partial charge in [-0.25, -0.2) is 0 Å². The molecule has 0 amide bonds. The first kappa shape index (κ1) is 10.4. The van der Waals surface area contributed by atoms with Gasteiger partial charge in [-0.2, -0.15) is 0 Å². The molecule has 2 nitrogen and oxygen atoms in total. The fourth-order valence-electron chi connectivity index (χ4n) is 3.19. The summed E-state index contributed by atoms with van der Waals surface area (Å²) < 4.78 is 0. The minimum Gasteiger partial charge on any atom is -0.389 e. The van der Waals surface area contributed by atoms with Crippen LogP contribution in [-0.2, 0) is 0 Å². The second-order valence-electron chi connectivity index (χ2n) is 5.88. The Hall–Kier alpha value is -0.0800. The van der Waals surface area contributed by atoms with Gasteiger partial charge in [0.1, 0.15) is 0 Å². The molecule has 82 valence electrons. The van der Waals surface area contributed by atoms with Crippen LogP contribution in [0.3, 0.4) is 0 Å². The van der Waals surface area contributed by atoms with Crippen molar-refractivity contribution in [1.29, 1.82) is 0 Å². The van der Waals surface area contributed by atoms with E-state index in [0.29, 0.717) is 0 Å². The van der Waals surface area contributed by atoms with Crippen LogP contribution in [0.5, 0.6) is 0 Å². The van der Waals surface area contributed by atoms with E-state index in [-0.39, 0.29) is 0 Å². The van der Waals surface area contributed by atoms with E-state index in [4.69, 9.17) is 0 Å². The lowest BCUT2D eigenvalue weighted by Crippen LogP contribution is -2.38. The minimum absolute atomic E-state index is 0.558. The molecule has 2 fully saturated rings. The number of hydrogen-bond acceptors (Lipinski definition) is 2. The van der Waals surface area contributed by atoms with Crippen molar-refractivity contribution >= 4 is 0 Å². The molecule has 2 heteroatoms. The molecule has 2 rings (SSSR count). The van der Waals surface area contributed by atoms with Crippen molar-refractivity contribution in [3.8, 4) is 0 Å². The maximum atomic E-state index is 9.56. The van der Waals surface area contributed by atoms with Crippen molar-refractivity contribution in [1.82, 2.24) is 5.32 Å². The smallest absolute Gasteiger partial charge is 0.0715 e. The van der Waals surface area contributed by atoms with Gasteiger partial charge in [0.2, 0.25) is 0 Å². The van der Waals surface area contributed by atoms with Gasteiger partial charge in [0.05, 0.1) is 5.60 Å². The van der Waals surface area contributed by atoms with Gasteiger partial charge < -0.3 is 10.4 Å². The highest BCUT2D eigenvalue weighted by atomic mass is 16.3. The predicted molar refractivity (Wildman–Crippen MR) is 58.1 cm³/mol. The number of hydrogen-bond donors (Lipinski definition) is 2. The first-order valence-corrected chi connectivity index (χ1v) is 5.98. The zero-order chi connectivity index (χ0) is 10.2. The van der Waals surface area contributed by atoms with E-state index in [1.165, 1.54) is 25.7 Å². The fraction of sp³-hybridized carbons (Fsp3) is 1.00. The molecule has 14 heavy (non-hydrogen) atoms. The highest BCUT2D eigenvalue weighted by molar-refractivity contribution is 4.91. The summed E-state index contributed by atoms with van der Waals surface area (Å²) in [6.45, 7) is 5.56. The third-order valence-electron chi connectivity index (χ3n) is 3.85. The van der Waals surface area contributed by atoms with Crippen LogP contribution < -0.4 is 5.32 Å². The monoisotopic (exact) mass is 197 g/mol. The molecule has 0 aromatic rings. The van der Waals surface area contributed by atoms with Crippen molar-refractivity contribution in [3.63, 3.8) is 0 Å². The molecule has 2 saturated carbocycles. The summed E-state index contributed by atoms with van der Waals surface area (Å²) in [6, 6.07) is 0. The second kappa shape index (κ2) is 3.82. The van der Waals surface area contributed by atoms with E-state index in [9.17, 15) is 5.11 Å². The molecule has 2 N–H and O–H groups in total. The molecule has 0 aliphatic heterocycles. The SMILES string of the molecule is CC(C)(O)CNCC1CC2CCC1C2. The number of rotatable bonds is 4. The average Bonchev–Trinajstić information content (AvgIpc) is 2.62. The van der Waals surface area contributed by atoms with Gasteiger partial charge in [0.15, 0.2) is 0 Å². The van der Waals surface area contributed by atoms with Gasteiger partial charge in [0, 0.05) is 6.54 Å². The zero-order valence-corrected chi connectivity index (χ0v) is 9.42. The lowest BCUT2D eigenvalue weighted by atomic mass is 9.89. The Bertz CT molecular complexity index is 197. The van der Waals surface area contributed by atoms with Gasteiger partial charge in [-0.05, 0) is 57.4 Å². The standard InChI is InChI=1S/C12H23NO/c1-12(2,14)8-13-7-11-6-9-3-4-10(11)5-9/h9-11,13-14H,3-8H2,1-2H3. The van der Waals surface area contributed by atoms with Crippen LogP contribution >= 0.6 is 0 Å². The predicted octanol–water partition coefficient (Wildman–Crippen LogP) is 1.78. The fourth-order valence-corrected chi connectivity index (χ4v) is 3.19. The number of fused-ring (bicyclic) bond motifs is 2. The first-order chi connectivity index (χ1) is 6.54. The molecule has 2 aliphatic carbocycles. The molecule has 0 radical (unpaired) electrons. The molecule has 0 spiro atoms. The van der Waals surface area contributed by atoms with Gasteiger partial charge in [-0.15, -0.1) is 0 Å². The maximum Gasteiger partial charge on any atom is 0.0715 e.